The molecule has 25 heavy (non-hydrogen) atoms. The van der Waals surface area contributed by atoms with E-state index in [9.17, 15) is 14.9 Å². The minimum absolute atomic E-state index is 0.170. The zero-order valence-electron chi connectivity index (χ0n) is 15.9. The van der Waals surface area contributed by atoms with Crippen LogP contribution in [0.5, 0.6) is 0 Å². The number of carbonyl (C=O) groups excluding carboxylic acids is 2. The van der Waals surface area contributed by atoms with E-state index in [4.69, 9.17) is 0 Å². The number of hydrogen-bond donors (Lipinski definition) is 2. The van der Waals surface area contributed by atoms with Crippen molar-refractivity contribution < 1.29 is 9.59 Å². The van der Waals surface area contributed by atoms with Gasteiger partial charge in [0, 0.05) is 34.3 Å². The zero-order chi connectivity index (χ0) is 18.7. The Morgan fingerprint density at radius 3 is 2.24 bits per heavy atom. The van der Waals surface area contributed by atoms with Crippen molar-refractivity contribution in [3.63, 3.8) is 0 Å². The van der Waals surface area contributed by atoms with Crippen molar-refractivity contribution in [1.82, 2.24) is 20.4 Å². The molecule has 7 nitrogen and oxygen atoms in total. The Morgan fingerprint density at radius 2 is 1.80 bits per heavy atom. The van der Waals surface area contributed by atoms with E-state index in [0.717, 1.165) is 19.6 Å². The smallest absolute Gasteiger partial charge is 0.318 e. The summed E-state index contributed by atoms with van der Waals surface area (Å²) in [6.07, 6.45) is 1.39. The number of nitriles is 1. The van der Waals surface area contributed by atoms with Crippen molar-refractivity contribution in [2.75, 3.05) is 32.7 Å². The summed E-state index contributed by atoms with van der Waals surface area (Å²) in [5.74, 6) is -0.220. The van der Waals surface area contributed by atoms with Crippen LogP contribution in [0.25, 0.3) is 0 Å². The third kappa shape index (κ3) is 5.72. The van der Waals surface area contributed by atoms with E-state index in [1.807, 2.05) is 0 Å². The van der Waals surface area contributed by atoms with E-state index in [2.05, 4.69) is 48.2 Å². The second kappa shape index (κ2) is 7.75. The molecule has 3 amide bonds. The largest absolute Gasteiger partial charge is 0.336 e. The Balaban J connectivity index is 1.97. The fourth-order valence-corrected chi connectivity index (χ4v) is 4.55. The van der Waals surface area contributed by atoms with Crippen molar-refractivity contribution in [3.05, 3.63) is 0 Å². The molecule has 1 aliphatic heterocycles. The predicted octanol–water partition coefficient (Wildman–Crippen LogP) is 1.21. The second-order valence-electron chi connectivity index (χ2n) is 8.37. The molecule has 0 aromatic carbocycles. The van der Waals surface area contributed by atoms with Gasteiger partial charge in [0.25, 0.3) is 0 Å². The molecular weight excluding hydrogens is 334 g/mol. The number of rotatable bonds is 6. The van der Waals surface area contributed by atoms with Crippen LogP contribution in [0.3, 0.4) is 0 Å². The van der Waals surface area contributed by atoms with Crippen LogP contribution in [0.2, 0.25) is 25.7 Å². The van der Waals surface area contributed by atoms with Gasteiger partial charge < -0.3 is 20.4 Å². The van der Waals surface area contributed by atoms with E-state index in [-0.39, 0.29) is 11.9 Å². The van der Waals surface area contributed by atoms with Gasteiger partial charge in [-0.15, -0.1) is 0 Å². The van der Waals surface area contributed by atoms with Gasteiger partial charge in [0.05, 0.1) is 6.07 Å². The third-order valence-electron chi connectivity index (χ3n) is 4.86. The molecule has 140 valence electrons. The molecule has 1 saturated carbocycles. The molecule has 0 bridgehead atoms. The lowest BCUT2D eigenvalue weighted by Crippen LogP contribution is -2.57. The number of carbonyl (C=O) groups is 2. The normalized spacial score (nSPS) is 21.2. The molecule has 1 atom stereocenters. The van der Waals surface area contributed by atoms with Crippen molar-refractivity contribution in [2.45, 2.75) is 57.0 Å². The first-order chi connectivity index (χ1) is 11.7. The van der Waals surface area contributed by atoms with E-state index in [0.29, 0.717) is 32.0 Å². The third-order valence-corrected chi connectivity index (χ3v) is 6.50. The van der Waals surface area contributed by atoms with Crippen LogP contribution in [-0.4, -0.2) is 74.1 Å². The first kappa shape index (κ1) is 19.7. The molecule has 1 unspecified atom stereocenters. The van der Waals surface area contributed by atoms with Gasteiger partial charge in [0.15, 0.2) is 0 Å². The SMILES string of the molecule is CCN1CCN(C(=O)NC(C[Si](C)(C)C)C(=O)NC2(C#N)CC2)CC1. The monoisotopic (exact) mass is 365 g/mol. The van der Waals surface area contributed by atoms with E-state index >= 15 is 0 Å². The van der Waals surface area contributed by atoms with Crippen LogP contribution < -0.4 is 10.6 Å². The van der Waals surface area contributed by atoms with Gasteiger partial charge >= 0.3 is 6.03 Å². The molecule has 0 aromatic heterocycles. The number of urea groups is 1. The highest BCUT2D eigenvalue weighted by Gasteiger charge is 2.46. The predicted molar refractivity (Wildman–Crippen MR) is 99.9 cm³/mol. The number of nitrogens with one attached hydrogen (secondary N) is 2. The summed E-state index contributed by atoms with van der Waals surface area (Å²) in [6, 6.07) is 2.12. The van der Waals surface area contributed by atoms with E-state index < -0.39 is 19.7 Å². The van der Waals surface area contributed by atoms with Crippen LogP contribution in [0.15, 0.2) is 0 Å². The summed E-state index contributed by atoms with van der Waals surface area (Å²) in [4.78, 5) is 29.4. The van der Waals surface area contributed by atoms with Crippen molar-refractivity contribution in [3.8, 4) is 6.07 Å². The molecule has 0 radical (unpaired) electrons. The van der Waals surface area contributed by atoms with Gasteiger partial charge in [-0.3, -0.25) is 4.79 Å². The lowest BCUT2D eigenvalue weighted by Gasteiger charge is -2.35. The molecular formula is C17H31N5O2Si. The lowest BCUT2D eigenvalue weighted by atomic mass is 10.2. The van der Waals surface area contributed by atoms with Gasteiger partial charge in [-0.25, -0.2) is 4.79 Å². The minimum atomic E-state index is -1.57. The number of hydrogen-bond acceptors (Lipinski definition) is 4. The maximum atomic E-state index is 12.7. The van der Waals surface area contributed by atoms with Crippen LogP contribution in [0, 0.1) is 11.3 Å². The summed E-state index contributed by atoms with van der Waals surface area (Å²) in [6.45, 7) is 12.7. The van der Waals surface area contributed by atoms with Gasteiger partial charge in [-0.05, 0) is 25.4 Å². The quantitative estimate of drug-likeness (QED) is 0.693. The van der Waals surface area contributed by atoms with Crippen molar-refractivity contribution >= 4 is 20.0 Å². The number of piperazine rings is 1. The number of likely N-dealkylation sites (N-methyl/N-ethyl adjacent to an activating group) is 1. The maximum absolute atomic E-state index is 12.7. The van der Waals surface area contributed by atoms with Gasteiger partial charge in [-0.1, -0.05) is 26.6 Å². The molecule has 1 aliphatic carbocycles. The molecule has 2 rings (SSSR count). The standard InChI is InChI=1S/C17H31N5O2Si/c1-5-21-8-10-22(11-9-21)16(24)19-14(12-25(2,3)4)15(23)20-17(13-18)6-7-17/h14H,5-12H2,1-4H3,(H,19,24)(H,20,23). The van der Waals surface area contributed by atoms with Crippen molar-refractivity contribution in [1.29, 1.82) is 5.26 Å². The minimum Gasteiger partial charge on any atom is -0.336 e. The lowest BCUT2D eigenvalue weighted by molar-refractivity contribution is -0.123. The summed E-state index contributed by atoms with van der Waals surface area (Å²) in [5, 5.41) is 15.0. The van der Waals surface area contributed by atoms with Crippen LogP contribution in [0.1, 0.15) is 19.8 Å². The maximum Gasteiger partial charge on any atom is 0.318 e. The first-order valence-corrected chi connectivity index (χ1v) is 12.9. The zero-order valence-corrected chi connectivity index (χ0v) is 16.9. The molecule has 8 heteroatoms. The highest BCUT2D eigenvalue weighted by molar-refractivity contribution is 6.76. The fraction of sp³-hybridized carbons (Fsp3) is 0.824. The molecule has 0 aromatic rings. The second-order valence-corrected chi connectivity index (χ2v) is 13.9. The van der Waals surface area contributed by atoms with Crippen LogP contribution in [-0.2, 0) is 4.79 Å². The number of amides is 3. The first-order valence-electron chi connectivity index (χ1n) is 9.19. The Bertz CT molecular complexity index is 542. The van der Waals surface area contributed by atoms with Gasteiger partial charge in [-0.2, -0.15) is 5.26 Å². The van der Waals surface area contributed by atoms with Crippen LogP contribution in [0.4, 0.5) is 4.79 Å². The van der Waals surface area contributed by atoms with E-state index in [1.165, 1.54) is 0 Å². The average molecular weight is 366 g/mol. The fourth-order valence-electron chi connectivity index (χ4n) is 3.04. The molecule has 0 spiro atoms. The molecule has 2 N–H and O–H groups in total. The molecule has 1 saturated heterocycles. The van der Waals surface area contributed by atoms with Crippen molar-refractivity contribution in [2.24, 2.45) is 0 Å². The van der Waals surface area contributed by atoms with Gasteiger partial charge in [0.2, 0.25) is 5.91 Å². The summed E-state index contributed by atoms with van der Waals surface area (Å²) in [5.41, 5.74) is -0.702. The topological polar surface area (TPSA) is 88.5 Å². The molecule has 2 aliphatic rings. The highest BCUT2D eigenvalue weighted by atomic mass is 28.3. The average Bonchev–Trinajstić information content (AvgIpc) is 3.33. The molecule has 2 fully saturated rings. The summed E-state index contributed by atoms with van der Waals surface area (Å²) in [7, 11) is -1.57. The Hall–Kier alpha value is -1.59. The summed E-state index contributed by atoms with van der Waals surface area (Å²) < 4.78 is 0. The Morgan fingerprint density at radius 1 is 1.20 bits per heavy atom. The van der Waals surface area contributed by atoms with Gasteiger partial charge in [0.1, 0.15) is 11.6 Å². The Labute approximate surface area is 151 Å². The highest BCUT2D eigenvalue weighted by Crippen LogP contribution is 2.34. The Kier molecular flexibility index (Phi) is 6.11. The summed E-state index contributed by atoms with van der Waals surface area (Å²) >= 11 is 0. The molecule has 1 heterocycles. The van der Waals surface area contributed by atoms with E-state index in [1.54, 1.807) is 4.90 Å². The van der Waals surface area contributed by atoms with Crippen LogP contribution >= 0.6 is 0 Å². The number of nitrogens with zero attached hydrogens (tertiary/aromatic N) is 3.